The number of aliphatic hydroxyl groups excluding tert-OH is 2. The van der Waals surface area contributed by atoms with Gasteiger partial charge in [-0.3, -0.25) is 9.79 Å². The van der Waals surface area contributed by atoms with E-state index in [9.17, 15) is 15.0 Å². The summed E-state index contributed by atoms with van der Waals surface area (Å²) >= 11 is 1.28. The molecule has 2 aliphatic rings. The van der Waals surface area contributed by atoms with Crippen LogP contribution in [0.5, 0.6) is 0 Å². The van der Waals surface area contributed by atoms with Gasteiger partial charge in [0, 0.05) is 6.54 Å². The molecule has 0 radical (unpaired) electrons. The van der Waals surface area contributed by atoms with Crippen LogP contribution in [0, 0.1) is 0 Å². The van der Waals surface area contributed by atoms with Crippen molar-refractivity contribution in [3.63, 3.8) is 0 Å². The Balaban J connectivity index is 2.12. The number of rotatable bonds is 2. The van der Waals surface area contributed by atoms with Crippen molar-refractivity contribution in [3.05, 3.63) is 0 Å². The van der Waals surface area contributed by atoms with Gasteiger partial charge >= 0.3 is 0 Å². The molecule has 2 heterocycles. The number of fused-ring (bicyclic) bond motifs is 1. The molecule has 8 heteroatoms. The summed E-state index contributed by atoms with van der Waals surface area (Å²) in [4.78, 5) is 15.3. The van der Waals surface area contributed by atoms with Crippen LogP contribution in [0.15, 0.2) is 4.99 Å². The van der Waals surface area contributed by atoms with Gasteiger partial charge < -0.3 is 26.0 Å². The van der Waals surface area contributed by atoms with E-state index in [4.69, 9.17) is 10.5 Å². The van der Waals surface area contributed by atoms with Crippen LogP contribution < -0.4 is 11.1 Å². The molecule has 96 valence electrons. The third-order valence-corrected chi connectivity index (χ3v) is 3.77. The highest BCUT2D eigenvalue weighted by Gasteiger charge is 2.49. The Morgan fingerprint density at radius 2 is 2.29 bits per heavy atom. The molecular formula is C9H15N3O4S. The predicted octanol–water partition coefficient (Wildman–Crippen LogP) is -2.00. The average Bonchev–Trinajstić information content (AvgIpc) is 2.66. The third-order valence-electron chi connectivity index (χ3n) is 2.67. The highest BCUT2D eigenvalue weighted by molar-refractivity contribution is 8.14. The van der Waals surface area contributed by atoms with Crippen LogP contribution in [0.25, 0.3) is 0 Å². The monoisotopic (exact) mass is 261 g/mol. The number of nitrogens with zero attached hydrogens (tertiary/aromatic N) is 1. The number of amides is 1. The number of aliphatic hydroxyl groups is 2. The van der Waals surface area contributed by atoms with Crippen molar-refractivity contribution >= 4 is 22.8 Å². The van der Waals surface area contributed by atoms with E-state index in [1.54, 1.807) is 0 Å². The van der Waals surface area contributed by atoms with Crippen LogP contribution in [-0.2, 0) is 9.53 Å². The van der Waals surface area contributed by atoms with Crippen LogP contribution >= 0.6 is 11.8 Å². The molecule has 0 bridgehead atoms. The van der Waals surface area contributed by atoms with E-state index >= 15 is 0 Å². The second-order valence-corrected chi connectivity index (χ2v) is 4.97. The number of hydrogen-bond acceptors (Lipinski definition) is 7. The topological polar surface area (TPSA) is 117 Å². The fourth-order valence-corrected chi connectivity index (χ4v) is 3.00. The first kappa shape index (κ1) is 12.6. The summed E-state index contributed by atoms with van der Waals surface area (Å²) in [6.07, 6.45) is -3.66. The van der Waals surface area contributed by atoms with Gasteiger partial charge in [0.25, 0.3) is 0 Å². The quantitative estimate of drug-likeness (QED) is 0.457. The van der Waals surface area contributed by atoms with Crippen molar-refractivity contribution in [2.24, 2.45) is 10.7 Å². The zero-order chi connectivity index (χ0) is 12.6. The molecule has 2 aliphatic heterocycles. The summed E-state index contributed by atoms with van der Waals surface area (Å²) < 4.78 is 5.35. The number of ether oxygens (including phenoxy) is 1. The van der Waals surface area contributed by atoms with Gasteiger partial charge in [-0.15, -0.1) is 0 Å². The number of nitrogens with two attached hydrogens (primary N) is 1. The molecule has 0 spiro atoms. The lowest BCUT2D eigenvalue weighted by atomic mass is 9.98. The van der Waals surface area contributed by atoms with Crippen LogP contribution in [0.2, 0.25) is 0 Å². The van der Waals surface area contributed by atoms with E-state index in [1.165, 1.54) is 11.8 Å². The number of carbonyl (C=O) groups is 1. The fraction of sp³-hybridized carbons (Fsp3) is 0.778. The maximum Gasteiger partial charge on any atom is 0.249 e. The van der Waals surface area contributed by atoms with Crippen LogP contribution in [0.4, 0.5) is 0 Å². The van der Waals surface area contributed by atoms with Gasteiger partial charge in [-0.2, -0.15) is 0 Å². The van der Waals surface area contributed by atoms with Gasteiger partial charge in [-0.1, -0.05) is 11.8 Å². The standard InChI is InChI=1S/C9H15N3O4S/c1-2-11-9-12-3-4(13)5(14)6(7(10)15)16-8(3)17-9/h3-6,8,13-14H,2H2,1H3,(H2,10,15)(H,11,12)/t3-,4-,5+,6+,8-/m1/s1. The highest BCUT2D eigenvalue weighted by atomic mass is 32.2. The lowest BCUT2D eigenvalue weighted by Crippen LogP contribution is -2.58. The molecule has 0 unspecified atom stereocenters. The van der Waals surface area contributed by atoms with Gasteiger partial charge in [0.2, 0.25) is 5.91 Å². The van der Waals surface area contributed by atoms with E-state index in [0.29, 0.717) is 11.7 Å². The first-order chi connectivity index (χ1) is 8.04. The molecule has 5 N–H and O–H groups in total. The highest BCUT2D eigenvalue weighted by Crippen LogP contribution is 2.35. The molecule has 2 rings (SSSR count). The second kappa shape index (κ2) is 4.81. The van der Waals surface area contributed by atoms with Crippen molar-refractivity contribution in [1.82, 2.24) is 5.32 Å². The average molecular weight is 261 g/mol. The van der Waals surface area contributed by atoms with Crippen molar-refractivity contribution < 1.29 is 19.7 Å². The lowest BCUT2D eigenvalue weighted by Gasteiger charge is -2.36. The third kappa shape index (κ3) is 2.25. The van der Waals surface area contributed by atoms with Crippen molar-refractivity contribution in [1.29, 1.82) is 0 Å². The Bertz CT molecular complexity index is 351. The summed E-state index contributed by atoms with van der Waals surface area (Å²) in [5.74, 6) is -0.785. The van der Waals surface area contributed by atoms with Crippen LogP contribution in [-0.4, -0.2) is 57.6 Å². The van der Waals surface area contributed by atoms with Gasteiger partial charge in [0.15, 0.2) is 11.3 Å². The molecule has 0 aromatic rings. The Morgan fingerprint density at radius 3 is 2.88 bits per heavy atom. The van der Waals surface area contributed by atoms with Crippen molar-refractivity contribution in [2.45, 2.75) is 36.7 Å². The molecule has 7 nitrogen and oxygen atoms in total. The number of hydrogen-bond donors (Lipinski definition) is 4. The number of primary amides is 1. The number of nitrogens with one attached hydrogen (secondary N) is 1. The molecule has 17 heavy (non-hydrogen) atoms. The first-order valence-corrected chi connectivity index (χ1v) is 6.21. The number of amidine groups is 1. The smallest absolute Gasteiger partial charge is 0.249 e. The molecule has 1 saturated heterocycles. The molecule has 1 amide bonds. The van der Waals surface area contributed by atoms with Gasteiger partial charge in [0.05, 0.1) is 0 Å². The predicted molar refractivity (Wildman–Crippen MR) is 62.4 cm³/mol. The minimum absolute atomic E-state index is 0.486. The van der Waals surface area contributed by atoms with Crippen LogP contribution in [0.3, 0.4) is 0 Å². The molecule has 0 aromatic carbocycles. The summed E-state index contributed by atoms with van der Waals surface area (Å²) in [6, 6.07) is -0.570. The van der Waals surface area contributed by atoms with E-state index in [-0.39, 0.29) is 0 Å². The van der Waals surface area contributed by atoms with E-state index in [2.05, 4.69) is 10.3 Å². The van der Waals surface area contributed by atoms with E-state index < -0.39 is 35.7 Å². The lowest BCUT2D eigenvalue weighted by molar-refractivity contribution is -0.168. The summed E-state index contributed by atoms with van der Waals surface area (Å²) in [6.45, 7) is 2.62. The van der Waals surface area contributed by atoms with Gasteiger partial charge in [0.1, 0.15) is 23.7 Å². The zero-order valence-electron chi connectivity index (χ0n) is 9.24. The maximum absolute atomic E-state index is 11.1. The zero-order valence-corrected chi connectivity index (χ0v) is 10.1. The summed E-state index contributed by atoms with van der Waals surface area (Å²) in [5.41, 5.74) is 4.61. The maximum atomic E-state index is 11.1. The number of aliphatic imine (C=N–C) groups is 1. The van der Waals surface area contributed by atoms with Crippen molar-refractivity contribution in [2.75, 3.05) is 6.54 Å². The second-order valence-electron chi connectivity index (χ2n) is 3.88. The van der Waals surface area contributed by atoms with Gasteiger partial charge in [-0.25, -0.2) is 0 Å². The Labute approximate surface area is 102 Å². The Hall–Kier alpha value is -0.830. The Kier molecular flexibility index (Phi) is 3.57. The molecule has 0 aliphatic carbocycles. The number of carbonyl (C=O) groups excluding carboxylic acids is 1. The minimum Gasteiger partial charge on any atom is -0.388 e. The Morgan fingerprint density at radius 1 is 1.59 bits per heavy atom. The molecule has 1 fully saturated rings. The molecule has 5 atom stereocenters. The normalized spacial score (nSPS) is 40.6. The SMILES string of the molecule is CCNC1=N[C@@H]2[C@@H](O)[C@H](O)[C@@H](C(N)=O)O[C@@H]2S1. The molecule has 0 aromatic heterocycles. The minimum atomic E-state index is -1.33. The van der Waals surface area contributed by atoms with Crippen LogP contribution in [0.1, 0.15) is 6.92 Å². The van der Waals surface area contributed by atoms with E-state index in [1.807, 2.05) is 6.92 Å². The number of thioether (sulfide) groups is 1. The van der Waals surface area contributed by atoms with E-state index in [0.717, 1.165) is 0 Å². The molecule has 0 saturated carbocycles. The fourth-order valence-electron chi connectivity index (χ4n) is 1.83. The first-order valence-electron chi connectivity index (χ1n) is 5.33. The summed E-state index contributed by atoms with van der Waals surface area (Å²) in [5, 5.41) is 23.2. The summed E-state index contributed by atoms with van der Waals surface area (Å²) in [7, 11) is 0. The largest absolute Gasteiger partial charge is 0.388 e. The van der Waals surface area contributed by atoms with Gasteiger partial charge in [-0.05, 0) is 6.92 Å². The molecular weight excluding hydrogens is 246 g/mol. The van der Waals surface area contributed by atoms with Crippen molar-refractivity contribution in [3.8, 4) is 0 Å².